The highest BCUT2D eigenvalue weighted by Gasteiger charge is 2.05. The van der Waals surface area contributed by atoms with E-state index in [1.807, 2.05) is 24.3 Å². The number of carbonyl (C=O) groups is 1. The monoisotopic (exact) mass is 414 g/mol. The first-order valence-corrected chi connectivity index (χ1v) is 10.9. The molecule has 0 spiro atoms. The zero-order chi connectivity index (χ0) is 22.2. The fourth-order valence-corrected chi connectivity index (χ4v) is 2.79. The van der Waals surface area contributed by atoms with Crippen LogP contribution in [0.5, 0.6) is 11.5 Å². The normalized spacial score (nSPS) is 11.4. The van der Waals surface area contributed by atoms with Crippen molar-refractivity contribution < 1.29 is 19.0 Å². The van der Waals surface area contributed by atoms with Crippen molar-refractivity contribution in [3.63, 3.8) is 0 Å². The lowest BCUT2D eigenvalue weighted by atomic mass is 10.1. The molecule has 0 unspecified atom stereocenters. The van der Waals surface area contributed by atoms with E-state index in [1.54, 1.807) is 13.2 Å². The van der Waals surface area contributed by atoms with E-state index in [2.05, 4.69) is 33.8 Å². The highest BCUT2D eigenvalue weighted by Crippen LogP contribution is 2.28. The van der Waals surface area contributed by atoms with E-state index in [-0.39, 0.29) is 12.6 Å². The molecule has 0 heterocycles. The quantitative estimate of drug-likeness (QED) is 0.144. The molecule has 1 aromatic carbocycles. The molecule has 30 heavy (non-hydrogen) atoms. The molecule has 0 aromatic heterocycles. The van der Waals surface area contributed by atoms with E-state index in [4.69, 9.17) is 14.2 Å². The molecule has 0 bridgehead atoms. The van der Waals surface area contributed by atoms with Crippen molar-refractivity contribution in [2.45, 2.75) is 66.2 Å². The number of hydrogen-bond donors (Lipinski definition) is 0. The number of hydrogen-bond acceptors (Lipinski definition) is 4. The number of carbonyl (C=O) groups excluding carboxylic acids is 1. The SMILES string of the molecule is CCCCCCOc1ccc(C=CC(=O)OCC=C(C)CCC=C(C)C)cc1OC. The third-order valence-electron chi connectivity index (χ3n) is 4.60. The van der Waals surface area contributed by atoms with E-state index < -0.39 is 0 Å². The van der Waals surface area contributed by atoms with E-state index in [9.17, 15) is 4.79 Å². The molecule has 0 fully saturated rings. The highest BCUT2D eigenvalue weighted by atomic mass is 16.5. The van der Waals surface area contributed by atoms with Gasteiger partial charge in [-0.1, -0.05) is 49.5 Å². The van der Waals surface area contributed by atoms with E-state index >= 15 is 0 Å². The lowest BCUT2D eigenvalue weighted by molar-refractivity contribution is -0.136. The molecular formula is C26H38O4. The summed E-state index contributed by atoms with van der Waals surface area (Å²) in [4.78, 5) is 11.9. The Morgan fingerprint density at radius 1 is 1.03 bits per heavy atom. The molecule has 1 aromatic rings. The van der Waals surface area contributed by atoms with Crippen LogP contribution in [-0.4, -0.2) is 26.3 Å². The molecule has 0 radical (unpaired) electrons. The third kappa shape index (κ3) is 11.5. The molecule has 0 aliphatic carbocycles. The molecule has 0 N–H and O–H groups in total. The van der Waals surface area contributed by atoms with Gasteiger partial charge in [0.1, 0.15) is 6.61 Å². The summed E-state index contributed by atoms with van der Waals surface area (Å²) in [6.45, 7) is 9.41. The first-order valence-electron chi connectivity index (χ1n) is 10.9. The maximum absolute atomic E-state index is 11.9. The van der Waals surface area contributed by atoms with Crippen LogP contribution in [0.4, 0.5) is 0 Å². The maximum Gasteiger partial charge on any atom is 0.331 e. The molecule has 0 saturated carbocycles. The van der Waals surface area contributed by atoms with Gasteiger partial charge in [0.2, 0.25) is 0 Å². The van der Waals surface area contributed by atoms with Crippen molar-refractivity contribution in [1.82, 2.24) is 0 Å². The minimum absolute atomic E-state index is 0.290. The Morgan fingerprint density at radius 2 is 1.83 bits per heavy atom. The van der Waals surface area contributed by atoms with Gasteiger partial charge < -0.3 is 14.2 Å². The molecule has 0 amide bonds. The fourth-order valence-electron chi connectivity index (χ4n) is 2.79. The summed E-state index contributed by atoms with van der Waals surface area (Å²) in [6.07, 6.45) is 14.0. The number of esters is 1. The Kier molecular flexibility index (Phi) is 13.1. The first kappa shape index (κ1) is 25.5. The zero-order valence-electron chi connectivity index (χ0n) is 19.3. The maximum atomic E-state index is 11.9. The lowest BCUT2D eigenvalue weighted by Gasteiger charge is -2.11. The van der Waals surface area contributed by atoms with Crippen LogP contribution >= 0.6 is 0 Å². The van der Waals surface area contributed by atoms with Crippen molar-refractivity contribution in [1.29, 1.82) is 0 Å². The smallest absolute Gasteiger partial charge is 0.331 e. The standard InChI is InChI=1S/C26H38O4/c1-6-7-8-9-18-29-24-15-13-23(20-25(24)28-5)14-16-26(27)30-19-17-22(4)12-10-11-21(2)3/h11,13-17,20H,6-10,12,18-19H2,1-5H3. The van der Waals surface area contributed by atoms with Gasteiger partial charge in [-0.15, -0.1) is 0 Å². The van der Waals surface area contributed by atoms with Crippen LogP contribution in [0.1, 0.15) is 71.8 Å². The summed E-state index contributed by atoms with van der Waals surface area (Å²) < 4.78 is 16.5. The molecule has 0 saturated heterocycles. The van der Waals surface area contributed by atoms with Crippen molar-refractivity contribution >= 4 is 12.0 Å². The van der Waals surface area contributed by atoms with Crippen molar-refractivity contribution in [2.75, 3.05) is 20.3 Å². The van der Waals surface area contributed by atoms with E-state index in [0.29, 0.717) is 12.4 Å². The Balaban J connectivity index is 2.49. The summed E-state index contributed by atoms with van der Waals surface area (Å²) in [5.74, 6) is 1.02. The second kappa shape index (κ2) is 15.4. The average molecular weight is 415 g/mol. The molecule has 0 atom stereocenters. The molecule has 4 nitrogen and oxygen atoms in total. The van der Waals surface area contributed by atoms with Gasteiger partial charge in [0.05, 0.1) is 13.7 Å². The van der Waals surface area contributed by atoms with Gasteiger partial charge in [-0.25, -0.2) is 4.79 Å². The van der Waals surface area contributed by atoms with Gasteiger partial charge in [0, 0.05) is 6.08 Å². The largest absolute Gasteiger partial charge is 0.493 e. The van der Waals surface area contributed by atoms with Gasteiger partial charge in [-0.3, -0.25) is 0 Å². The van der Waals surface area contributed by atoms with Crippen molar-refractivity contribution in [2.24, 2.45) is 0 Å². The van der Waals surface area contributed by atoms with Gasteiger partial charge >= 0.3 is 5.97 Å². The number of unbranched alkanes of at least 4 members (excludes halogenated alkanes) is 3. The predicted molar refractivity (Wildman–Crippen MR) is 125 cm³/mol. The number of allylic oxidation sites excluding steroid dienone is 3. The molecule has 4 heteroatoms. The molecule has 166 valence electrons. The molecular weight excluding hydrogens is 376 g/mol. The van der Waals surface area contributed by atoms with Gasteiger partial charge in [0.25, 0.3) is 0 Å². The molecule has 0 aliphatic heterocycles. The minimum Gasteiger partial charge on any atom is -0.493 e. The average Bonchev–Trinajstić information content (AvgIpc) is 2.72. The second-order valence-electron chi connectivity index (χ2n) is 7.65. The summed E-state index contributed by atoms with van der Waals surface area (Å²) in [5, 5.41) is 0. The predicted octanol–water partition coefficient (Wildman–Crippen LogP) is 6.90. The van der Waals surface area contributed by atoms with Gasteiger partial charge in [0.15, 0.2) is 11.5 Å². The van der Waals surface area contributed by atoms with Crippen LogP contribution < -0.4 is 9.47 Å². The van der Waals surface area contributed by atoms with Gasteiger partial charge in [-0.2, -0.15) is 0 Å². The Bertz CT molecular complexity index is 725. The van der Waals surface area contributed by atoms with Crippen LogP contribution in [0.3, 0.4) is 0 Å². The van der Waals surface area contributed by atoms with Crippen LogP contribution in [0.15, 0.2) is 47.6 Å². The molecule has 1 rings (SSSR count). The number of methoxy groups -OCH3 is 1. The number of ether oxygens (including phenoxy) is 3. The Labute approximate surface area is 182 Å². The third-order valence-corrected chi connectivity index (χ3v) is 4.60. The minimum atomic E-state index is -0.362. The Morgan fingerprint density at radius 3 is 2.53 bits per heavy atom. The molecule has 0 aliphatic rings. The summed E-state index contributed by atoms with van der Waals surface area (Å²) >= 11 is 0. The number of benzene rings is 1. The van der Waals surface area contributed by atoms with Crippen LogP contribution in [0.25, 0.3) is 6.08 Å². The fraction of sp³-hybridized carbons (Fsp3) is 0.500. The van der Waals surface area contributed by atoms with Crippen molar-refractivity contribution in [3.05, 3.63) is 53.1 Å². The van der Waals surface area contributed by atoms with Crippen molar-refractivity contribution in [3.8, 4) is 11.5 Å². The van der Waals surface area contributed by atoms with Crippen LogP contribution in [-0.2, 0) is 9.53 Å². The summed E-state index contributed by atoms with van der Waals surface area (Å²) in [7, 11) is 1.62. The lowest BCUT2D eigenvalue weighted by Crippen LogP contribution is -2.01. The van der Waals surface area contributed by atoms with Gasteiger partial charge in [-0.05, 0) is 69.9 Å². The van der Waals surface area contributed by atoms with Crippen LogP contribution in [0, 0.1) is 0 Å². The van der Waals surface area contributed by atoms with E-state index in [0.717, 1.165) is 30.6 Å². The first-order chi connectivity index (χ1) is 14.5. The number of rotatable bonds is 14. The Hall–Kier alpha value is -2.49. The topological polar surface area (TPSA) is 44.8 Å². The highest BCUT2D eigenvalue weighted by molar-refractivity contribution is 5.87. The second-order valence-corrected chi connectivity index (χ2v) is 7.65. The summed E-state index contributed by atoms with van der Waals surface area (Å²) in [6, 6.07) is 5.64. The van der Waals surface area contributed by atoms with Crippen LogP contribution in [0.2, 0.25) is 0 Å². The van der Waals surface area contributed by atoms with E-state index in [1.165, 1.54) is 36.5 Å². The summed E-state index contributed by atoms with van der Waals surface area (Å²) in [5.41, 5.74) is 3.40. The zero-order valence-corrected chi connectivity index (χ0v) is 19.3.